The summed E-state index contributed by atoms with van der Waals surface area (Å²) in [4.78, 5) is 40.3. The molecular weight excluding hydrogens is 344 g/mol. The van der Waals surface area contributed by atoms with Crippen molar-refractivity contribution in [1.82, 2.24) is 4.98 Å². The third kappa shape index (κ3) is 4.17. The third-order valence-electron chi connectivity index (χ3n) is 4.08. The molecule has 6 heteroatoms. The molecule has 0 aliphatic heterocycles. The number of hydrogen-bond acceptors (Lipinski definition) is 5. The van der Waals surface area contributed by atoms with E-state index in [1.54, 1.807) is 60.8 Å². The van der Waals surface area contributed by atoms with Gasteiger partial charge in [0.25, 0.3) is 5.91 Å². The molecule has 1 unspecified atom stereocenters. The van der Waals surface area contributed by atoms with E-state index in [9.17, 15) is 14.4 Å². The number of esters is 1. The first-order chi connectivity index (χ1) is 13.0. The zero-order valence-electron chi connectivity index (χ0n) is 14.9. The van der Waals surface area contributed by atoms with Crippen molar-refractivity contribution >= 4 is 34.3 Å². The van der Waals surface area contributed by atoms with E-state index in [0.29, 0.717) is 27.7 Å². The van der Waals surface area contributed by atoms with Crippen LogP contribution in [-0.2, 0) is 9.53 Å². The number of pyridine rings is 1. The van der Waals surface area contributed by atoms with Crippen LogP contribution in [0.25, 0.3) is 10.9 Å². The molecule has 3 aromatic rings. The lowest BCUT2D eigenvalue weighted by atomic mass is 10.1. The van der Waals surface area contributed by atoms with E-state index >= 15 is 0 Å². The normalized spacial score (nSPS) is 11.6. The van der Waals surface area contributed by atoms with Crippen molar-refractivity contribution < 1.29 is 19.1 Å². The number of rotatable bonds is 5. The molecule has 0 aliphatic rings. The number of nitrogens with zero attached hydrogens (tertiary/aromatic N) is 1. The molecule has 0 radical (unpaired) electrons. The first kappa shape index (κ1) is 18.3. The first-order valence-electron chi connectivity index (χ1n) is 8.42. The molecule has 0 spiro atoms. The Kier molecular flexibility index (Phi) is 5.26. The number of nitrogens with one attached hydrogen (secondary N) is 1. The first-order valence-corrected chi connectivity index (χ1v) is 8.42. The van der Waals surface area contributed by atoms with E-state index in [0.717, 1.165) is 0 Å². The zero-order valence-corrected chi connectivity index (χ0v) is 14.9. The van der Waals surface area contributed by atoms with Gasteiger partial charge in [-0.25, -0.2) is 4.79 Å². The smallest absolute Gasteiger partial charge is 0.339 e. The average Bonchev–Trinajstić information content (AvgIpc) is 2.67. The molecule has 6 nitrogen and oxygen atoms in total. The molecule has 1 N–H and O–H groups in total. The minimum absolute atomic E-state index is 0.0558. The lowest BCUT2D eigenvalue weighted by Gasteiger charge is -2.14. The molecule has 0 fully saturated rings. The van der Waals surface area contributed by atoms with Crippen molar-refractivity contribution in [3.63, 3.8) is 0 Å². The van der Waals surface area contributed by atoms with Gasteiger partial charge in [-0.15, -0.1) is 0 Å². The predicted octanol–water partition coefficient (Wildman–Crippen LogP) is 3.62. The van der Waals surface area contributed by atoms with Gasteiger partial charge in [0, 0.05) is 22.8 Å². The highest BCUT2D eigenvalue weighted by Gasteiger charge is 2.20. The molecule has 1 atom stereocenters. The van der Waals surface area contributed by atoms with Gasteiger partial charge in [-0.2, -0.15) is 0 Å². The minimum atomic E-state index is -0.989. The van der Waals surface area contributed by atoms with Crippen molar-refractivity contribution in [2.75, 3.05) is 5.32 Å². The summed E-state index contributed by atoms with van der Waals surface area (Å²) < 4.78 is 5.31. The number of ketones is 1. The van der Waals surface area contributed by atoms with Crippen LogP contribution < -0.4 is 5.32 Å². The van der Waals surface area contributed by atoms with Crippen LogP contribution in [0.15, 0.2) is 60.8 Å². The predicted molar refractivity (Wildman–Crippen MR) is 102 cm³/mol. The number of hydrogen-bond donors (Lipinski definition) is 1. The van der Waals surface area contributed by atoms with Crippen LogP contribution in [0.2, 0.25) is 0 Å². The molecule has 136 valence electrons. The van der Waals surface area contributed by atoms with Gasteiger partial charge in [0.15, 0.2) is 11.9 Å². The summed E-state index contributed by atoms with van der Waals surface area (Å²) in [5.74, 6) is -1.11. The molecule has 1 aromatic heterocycles. The second-order valence-corrected chi connectivity index (χ2v) is 6.05. The van der Waals surface area contributed by atoms with Crippen molar-refractivity contribution in [3.05, 3.63) is 71.9 Å². The van der Waals surface area contributed by atoms with Crippen LogP contribution in [0, 0.1) is 0 Å². The summed E-state index contributed by atoms with van der Waals surface area (Å²) in [6, 6.07) is 15.2. The number of aromatic nitrogens is 1. The van der Waals surface area contributed by atoms with Crippen molar-refractivity contribution in [1.29, 1.82) is 0 Å². The molecule has 3 rings (SSSR count). The molecule has 0 saturated carbocycles. The lowest BCUT2D eigenvalue weighted by molar-refractivity contribution is -0.123. The van der Waals surface area contributed by atoms with E-state index in [-0.39, 0.29) is 5.78 Å². The number of ether oxygens (including phenoxy) is 1. The van der Waals surface area contributed by atoms with Crippen LogP contribution in [-0.4, -0.2) is 28.7 Å². The number of carbonyl (C=O) groups excluding carboxylic acids is 3. The fourth-order valence-electron chi connectivity index (χ4n) is 2.59. The maximum absolute atomic E-state index is 12.5. The van der Waals surface area contributed by atoms with Crippen LogP contribution in [0.3, 0.4) is 0 Å². The summed E-state index contributed by atoms with van der Waals surface area (Å²) in [7, 11) is 0. The highest BCUT2D eigenvalue weighted by molar-refractivity contribution is 6.05. The standard InChI is InChI=1S/C21H18N2O4/c1-13(24)15-8-10-16(11-9-15)23-20(25)14(2)27-21(26)18-5-3-7-19-17(18)6-4-12-22-19/h3-12,14H,1-2H3,(H,23,25). The molecule has 0 saturated heterocycles. The summed E-state index contributed by atoms with van der Waals surface area (Å²) in [5.41, 5.74) is 2.10. The monoisotopic (exact) mass is 362 g/mol. The van der Waals surface area contributed by atoms with E-state index < -0.39 is 18.0 Å². The van der Waals surface area contributed by atoms with Crippen LogP contribution in [0.5, 0.6) is 0 Å². The third-order valence-corrected chi connectivity index (χ3v) is 4.08. The highest BCUT2D eigenvalue weighted by Crippen LogP contribution is 2.18. The number of Topliss-reactive ketones (excluding diaryl/α,β-unsaturated/α-hetero) is 1. The van der Waals surface area contributed by atoms with Crippen LogP contribution >= 0.6 is 0 Å². The number of amides is 1. The van der Waals surface area contributed by atoms with E-state index in [4.69, 9.17) is 4.74 Å². The van der Waals surface area contributed by atoms with Gasteiger partial charge in [0.2, 0.25) is 0 Å². The fourth-order valence-corrected chi connectivity index (χ4v) is 2.59. The molecule has 2 aromatic carbocycles. The lowest BCUT2D eigenvalue weighted by Crippen LogP contribution is -2.30. The highest BCUT2D eigenvalue weighted by atomic mass is 16.5. The average molecular weight is 362 g/mol. The molecule has 1 amide bonds. The summed E-state index contributed by atoms with van der Waals surface area (Å²) >= 11 is 0. The second kappa shape index (κ2) is 7.78. The number of anilines is 1. The van der Waals surface area contributed by atoms with Gasteiger partial charge in [0.1, 0.15) is 0 Å². The topological polar surface area (TPSA) is 85.4 Å². The maximum Gasteiger partial charge on any atom is 0.339 e. The summed E-state index contributed by atoms with van der Waals surface area (Å²) in [6.45, 7) is 2.97. The fraction of sp³-hybridized carbons (Fsp3) is 0.143. The van der Waals surface area contributed by atoms with Gasteiger partial charge in [-0.1, -0.05) is 12.1 Å². The maximum atomic E-state index is 12.5. The van der Waals surface area contributed by atoms with Crippen molar-refractivity contribution in [2.24, 2.45) is 0 Å². The van der Waals surface area contributed by atoms with Gasteiger partial charge in [-0.3, -0.25) is 14.6 Å². The Hall–Kier alpha value is -3.54. The number of fused-ring (bicyclic) bond motifs is 1. The molecule has 0 bridgehead atoms. The Morgan fingerprint density at radius 2 is 1.74 bits per heavy atom. The minimum Gasteiger partial charge on any atom is -0.449 e. The molecule has 0 aliphatic carbocycles. The van der Waals surface area contributed by atoms with Gasteiger partial charge >= 0.3 is 5.97 Å². The Bertz CT molecular complexity index is 1010. The molecule has 27 heavy (non-hydrogen) atoms. The SMILES string of the molecule is CC(=O)c1ccc(NC(=O)C(C)OC(=O)c2cccc3ncccc23)cc1. The molecule has 1 heterocycles. The van der Waals surface area contributed by atoms with E-state index in [1.165, 1.54) is 13.8 Å². The summed E-state index contributed by atoms with van der Waals surface area (Å²) in [6.07, 6.45) is 0.655. The van der Waals surface area contributed by atoms with E-state index in [1.807, 2.05) is 0 Å². The van der Waals surface area contributed by atoms with Crippen molar-refractivity contribution in [2.45, 2.75) is 20.0 Å². The Labute approximate surface area is 156 Å². The Balaban J connectivity index is 1.68. The largest absolute Gasteiger partial charge is 0.449 e. The Morgan fingerprint density at radius 1 is 1.00 bits per heavy atom. The van der Waals surface area contributed by atoms with Crippen LogP contribution in [0.1, 0.15) is 34.6 Å². The van der Waals surface area contributed by atoms with Crippen molar-refractivity contribution in [3.8, 4) is 0 Å². The van der Waals surface area contributed by atoms with Gasteiger partial charge in [-0.05, 0) is 56.3 Å². The van der Waals surface area contributed by atoms with Gasteiger partial charge < -0.3 is 10.1 Å². The molecular formula is C21H18N2O4. The van der Waals surface area contributed by atoms with E-state index in [2.05, 4.69) is 10.3 Å². The quantitative estimate of drug-likeness (QED) is 0.553. The van der Waals surface area contributed by atoms with Crippen LogP contribution in [0.4, 0.5) is 5.69 Å². The zero-order chi connectivity index (χ0) is 19.4. The summed E-state index contributed by atoms with van der Waals surface area (Å²) in [5, 5.41) is 3.33. The number of carbonyl (C=O) groups is 3. The second-order valence-electron chi connectivity index (χ2n) is 6.05. The number of benzene rings is 2. The van der Waals surface area contributed by atoms with Gasteiger partial charge in [0.05, 0.1) is 11.1 Å². The Morgan fingerprint density at radius 3 is 2.44 bits per heavy atom.